The smallest absolute Gasteiger partial charge is 0.143 e. The molecule has 0 aliphatic carbocycles. The van der Waals surface area contributed by atoms with Gasteiger partial charge >= 0.3 is 0 Å². The number of nitrogens with zero attached hydrogens (tertiary/aromatic N) is 3. The lowest BCUT2D eigenvalue weighted by molar-refractivity contribution is 0.954. The summed E-state index contributed by atoms with van der Waals surface area (Å²) in [5.41, 5.74) is 7.37. The van der Waals surface area contributed by atoms with Crippen LogP contribution in [0.5, 0.6) is 0 Å². The highest BCUT2D eigenvalue weighted by molar-refractivity contribution is 5.61. The summed E-state index contributed by atoms with van der Waals surface area (Å²) in [7, 11) is 0. The number of aromatic nitrogens is 3. The topological polar surface area (TPSA) is 103 Å². The number of hydrogen-bond acceptors (Lipinski definition) is 5. The van der Waals surface area contributed by atoms with Crippen LogP contribution in [0.3, 0.4) is 0 Å². The third kappa shape index (κ3) is 2.09. The largest absolute Gasteiger partial charge is 0.398 e. The van der Waals surface area contributed by atoms with Crippen molar-refractivity contribution in [3.8, 4) is 6.07 Å². The van der Waals surface area contributed by atoms with E-state index in [9.17, 15) is 0 Å². The summed E-state index contributed by atoms with van der Waals surface area (Å²) < 4.78 is 0. The molecule has 0 amide bonds. The summed E-state index contributed by atoms with van der Waals surface area (Å²) in [5.74, 6) is 0.732. The number of nitriles is 1. The molecule has 80 valence electrons. The lowest BCUT2D eigenvalue weighted by Crippen LogP contribution is -2.02. The van der Waals surface area contributed by atoms with Gasteiger partial charge in [0.1, 0.15) is 18.2 Å². The second-order valence-corrected chi connectivity index (χ2v) is 3.20. The van der Waals surface area contributed by atoms with Crippen molar-refractivity contribution in [2.45, 2.75) is 6.54 Å². The minimum absolute atomic E-state index is 0.461. The van der Waals surface area contributed by atoms with Gasteiger partial charge in [0.2, 0.25) is 0 Å². The van der Waals surface area contributed by atoms with Crippen LogP contribution in [-0.2, 0) is 6.54 Å². The molecular weight excluding hydrogens is 204 g/mol. The number of benzene rings is 1. The van der Waals surface area contributed by atoms with Gasteiger partial charge in [0.15, 0.2) is 0 Å². The Morgan fingerprint density at radius 1 is 1.50 bits per heavy atom. The van der Waals surface area contributed by atoms with Crippen LogP contribution in [0.1, 0.15) is 11.4 Å². The van der Waals surface area contributed by atoms with Gasteiger partial charge in [0.25, 0.3) is 0 Å². The third-order valence-corrected chi connectivity index (χ3v) is 2.10. The van der Waals surface area contributed by atoms with E-state index >= 15 is 0 Å². The molecule has 0 bridgehead atoms. The van der Waals surface area contributed by atoms with Crippen molar-refractivity contribution in [3.05, 3.63) is 35.9 Å². The van der Waals surface area contributed by atoms with Crippen LogP contribution in [0.4, 0.5) is 11.4 Å². The van der Waals surface area contributed by atoms with Gasteiger partial charge in [-0.15, -0.1) is 0 Å². The maximum Gasteiger partial charge on any atom is 0.143 e. The normalized spacial score (nSPS) is 9.69. The highest BCUT2D eigenvalue weighted by atomic mass is 15.2. The van der Waals surface area contributed by atoms with Crippen LogP contribution in [0.2, 0.25) is 0 Å². The van der Waals surface area contributed by atoms with Gasteiger partial charge in [-0.25, -0.2) is 4.98 Å². The number of hydrogen-bond donors (Lipinski definition) is 3. The predicted octanol–water partition coefficient (Wildman–Crippen LogP) is 0.871. The predicted molar refractivity (Wildman–Crippen MR) is 59.3 cm³/mol. The Morgan fingerprint density at radius 2 is 2.38 bits per heavy atom. The summed E-state index contributed by atoms with van der Waals surface area (Å²) in [6.07, 6.45) is 1.45. The van der Waals surface area contributed by atoms with Crippen LogP contribution in [0.15, 0.2) is 24.5 Å². The number of nitrogen functional groups attached to an aromatic ring is 1. The standard InChI is InChI=1S/C10H10N6/c11-4-7-3-8(1-2-9(7)12)13-5-10-14-6-15-16-10/h1-3,6,13H,5,12H2,(H,14,15,16). The molecule has 16 heavy (non-hydrogen) atoms. The Morgan fingerprint density at radius 3 is 3.06 bits per heavy atom. The highest BCUT2D eigenvalue weighted by Crippen LogP contribution is 2.16. The molecule has 2 aromatic rings. The van der Waals surface area contributed by atoms with Gasteiger partial charge in [0, 0.05) is 11.4 Å². The molecule has 0 saturated heterocycles. The molecule has 0 radical (unpaired) electrons. The molecule has 6 nitrogen and oxygen atoms in total. The zero-order valence-corrected chi connectivity index (χ0v) is 8.44. The summed E-state index contributed by atoms with van der Waals surface area (Å²) >= 11 is 0. The first-order chi connectivity index (χ1) is 7.79. The van der Waals surface area contributed by atoms with Gasteiger partial charge in [-0.3, -0.25) is 5.10 Å². The Labute approximate surface area is 92.1 Å². The van der Waals surface area contributed by atoms with E-state index in [1.54, 1.807) is 12.1 Å². The zero-order valence-electron chi connectivity index (χ0n) is 8.44. The fraction of sp³-hybridized carbons (Fsp3) is 0.100. The summed E-state index contributed by atoms with van der Waals surface area (Å²) in [5, 5.41) is 18.4. The molecule has 0 atom stereocenters. The molecule has 4 N–H and O–H groups in total. The Kier molecular flexibility index (Phi) is 2.69. The number of nitrogens with two attached hydrogens (primary N) is 1. The van der Waals surface area contributed by atoms with Crippen LogP contribution >= 0.6 is 0 Å². The lowest BCUT2D eigenvalue weighted by Gasteiger charge is -2.05. The Hall–Kier alpha value is -2.55. The van der Waals surface area contributed by atoms with Crippen molar-refractivity contribution in [2.75, 3.05) is 11.1 Å². The van der Waals surface area contributed by atoms with Gasteiger partial charge in [-0.05, 0) is 18.2 Å². The summed E-state index contributed by atoms with van der Waals surface area (Å²) in [6, 6.07) is 7.24. The van der Waals surface area contributed by atoms with E-state index in [2.05, 4.69) is 20.5 Å². The molecule has 0 saturated carbocycles. The van der Waals surface area contributed by atoms with Crippen LogP contribution < -0.4 is 11.1 Å². The fourth-order valence-corrected chi connectivity index (χ4v) is 1.26. The minimum Gasteiger partial charge on any atom is -0.398 e. The van der Waals surface area contributed by atoms with Crippen molar-refractivity contribution in [2.24, 2.45) is 0 Å². The highest BCUT2D eigenvalue weighted by Gasteiger charge is 2.00. The Balaban J connectivity index is 2.08. The maximum atomic E-state index is 8.81. The summed E-state index contributed by atoms with van der Waals surface area (Å²) in [4.78, 5) is 3.97. The average molecular weight is 214 g/mol. The van der Waals surface area contributed by atoms with Gasteiger partial charge in [-0.1, -0.05) is 0 Å². The number of rotatable bonds is 3. The first-order valence-electron chi connectivity index (χ1n) is 4.67. The molecule has 1 heterocycles. The van der Waals surface area contributed by atoms with E-state index in [0.717, 1.165) is 11.5 Å². The molecular formula is C10H10N6. The molecule has 0 aliphatic rings. The van der Waals surface area contributed by atoms with Crippen molar-refractivity contribution in [1.29, 1.82) is 5.26 Å². The second-order valence-electron chi connectivity index (χ2n) is 3.20. The number of anilines is 2. The third-order valence-electron chi connectivity index (χ3n) is 2.10. The van der Waals surface area contributed by atoms with Crippen LogP contribution in [0.25, 0.3) is 0 Å². The van der Waals surface area contributed by atoms with E-state index in [1.165, 1.54) is 6.33 Å². The molecule has 1 aromatic heterocycles. The summed E-state index contributed by atoms with van der Waals surface area (Å²) in [6.45, 7) is 0.523. The maximum absolute atomic E-state index is 8.81. The van der Waals surface area contributed by atoms with Crippen LogP contribution in [-0.4, -0.2) is 15.2 Å². The van der Waals surface area contributed by atoms with E-state index < -0.39 is 0 Å². The molecule has 0 fully saturated rings. The minimum atomic E-state index is 0.461. The van der Waals surface area contributed by atoms with E-state index in [4.69, 9.17) is 11.0 Å². The van der Waals surface area contributed by atoms with Gasteiger partial charge in [-0.2, -0.15) is 10.4 Å². The van der Waals surface area contributed by atoms with Crippen molar-refractivity contribution in [1.82, 2.24) is 15.2 Å². The van der Waals surface area contributed by atoms with Crippen LogP contribution in [0, 0.1) is 11.3 Å². The van der Waals surface area contributed by atoms with E-state index in [1.807, 2.05) is 12.1 Å². The fourth-order valence-electron chi connectivity index (χ4n) is 1.26. The van der Waals surface area contributed by atoms with Crippen molar-refractivity contribution in [3.63, 3.8) is 0 Å². The average Bonchev–Trinajstić information content (AvgIpc) is 2.81. The van der Waals surface area contributed by atoms with Gasteiger partial charge < -0.3 is 11.1 Å². The molecule has 2 rings (SSSR count). The number of nitrogens with one attached hydrogen (secondary N) is 2. The second kappa shape index (κ2) is 4.31. The van der Waals surface area contributed by atoms with E-state index in [-0.39, 0.29) is 0 Å². The monoisotopic (exact) mass is 214 g/mol. The Bertz CT molecular complexity index is 511. The molecule has 0 unspecified atom stereocenters. The zero-order chi connectivity index (χ0) is 11.4. The first-order valence-corrected chi connectivity index (χ1v) is 4.67. The van der Waals surface area contributed by atoms with Gasteiger partial charge in [0.05, 0.1) is 12.1 Å². The molecule has 0 aliphatic heterocycles. The number of H-pyrrole nitrogens is 1. The molecule has 0 spiro atoms. The molecule has 1 aromatic carbocycles. The number of aromatic amines is 1. The van der Waals surface area contributed by atoms with Crippen molar-refractivity contribution >= 4 is 11.4 Å². The SMILES string of the molecule is N#Cc1cc(NCc2ncn[nH]2)ccc1N. The van der Waals surface area contributed by atoms with E-state index in [0.29, 0.717) is 17.8 Å². The lowest BCUT2D eigenvalue weighted by atomic mass is 10.2. The first kappa shape index (κ1) is 9.98. The van der Waals surface area contributed by atoms with Crippen molar-refractivity contribution < 1.29 is 0 Å². The molecule has 6 heteroatoms. The quantitative estimate of drug-likeness (QED) is 0.658.